The second kappa shape index (κ2) is 7.22. The first-order valence-electron chi connectivity index (χ1n) is 6.36. The van der Waals surface area contributed by atoms with Crippen LogP contribution in [0.3, 0.4) is 0 Å². The highest BCUT2D eigenvalue weighted by atomic mass is 79.9. The molecular weight excluding hydrogens is 362 g/mol. The lowest BCUT2D eigenvalue weighted by Crippen LogP contribution is -2.33. The van der Waals surface area contributed by atoms with E-state index >= 15 is 0 Å². The second-order valence-corrected chi connectivity index (χ2v) is 6.53. The maximum absolute atomic E-state index is 12.3. The topological polar surface area (TPSA) is 65.5 Å². The van der Waals surface area contributed by atoms with Gasteiger partial charge in [-0.05, 0) is 49.7 Å². The number of carbonyl (C=O) groups is 2. The summed E-state index contributed by atoms with van der Waals surface area (Å²) >= 11 is 9.08. The number of pyridine rings is 1. The van der Waals surface area contributed by atoms with Crippen LogP contribution in [0.5, 0.6) is 0 Å². The van der Waals surface area contributed by atoms with Gasteiger partial charge in [-0.2, -0.15) is 0 Å². The fourth-order valence-electron chi connectivity index (χ4n) is 1.54. The van der Waals surface area contributed by atoms with Crippen molar-refractivity contribution in [2.24, 2.45) is 0 Å². The van der Waals surface area contributed by atoms with Crippen molar-refractivity contribution in [3.8, 4) is 0 Å². The van der Waals surface area contributed by atoms with Crippen molar-refractivity contribution in [2.45, 2.75) is 39.2 Å². The lowest BCUT2D eigenvalue weighted by atomic mass is 10.0. The first-order chi connectivity index (χ1) is 9.65. The van der Waals surface area contributed by atoms with Crippen molar-refractivity contribution in [3.05, 3.63) is 27.5 Å². The Kier molecular flexibility index (Phi) is 6.16. The Balaban J connectivity index is 3.19. The van der Waals surface area contributed by atoms with Crippen LogP contribution in [0.2, 0.25) is 5.02 Å². The van der Waals surface area contributed by atoms with E-state index in [2.05, 4.69) is 20.9 Å². The van der Waals surface area contributed by atoms with Crippen molar-refractivity contribution in [3.63, 3.8) is 0 Å². The zero-order valence-corrected chi connectivity index (χ0v) is 14.6. The van der Waals surface area contributed by atoms with Crippen molar-refractivity contribution in [1.82, 2.24) is 4.98 Å². The maximum Gasteiger partial charge on any atom is 0.327 e. The average Bonchev–Trinajstić information content (AvgIpc) is 2.30. The average molecular weight is 379 g/mol. The van der Waals surface area contributed by atoms with Crippen molar-refractivity contribution in [2.75, 3.05) is 6.61 Å². The molecule has 1 aromatic heterocycles. The van der Waals surface area contributed by atoms with E-state index in [0.717, 1.165) is 0 Å². The molecule has 21 heavy (non-hydrogen) atoms. The third-order valence-electron chi connectivity index (χ3n) is 2.27. The molecule has 1 atom stereocenters. The van der Waals surface area contributed by atoms with Gasteiger partial charge in [0.1, 0.15) is 5.60 Å². The van der Waals surface area contributed by atoms with Gasteiger partial charge in [-0.1, -0.05) is 11.6 Å². The molecule has 1 rings (SSSR count). The lowest BCUT2D eigenvalue weighted by molar-refractivity contribution is -0.164. The van der Waals surface area contributed by atoms with Crippen molar-refractivity contribution < 1.29 is 19.1 Å². The molecule has 1 heterocycles. The number of aromatic nitrogens is 1. The van der Waals surface area contributed by atoms with Crippen LogP contribution in [0.15, 0.2) is 16.7 Å². The maximum atomic E-state index is 12.3. The summed E-state index contributed by atoms with van der Waals surface area (Å²) in [4.78, 5) is 28.4. The van der Waals surface area contributed by atoms with Gasteiger partial charge in [-0.15, -0.1) is 0 Å². The van der Waals surface area contributed by atoms with Crippen LogP contribution in [0.1, 0.15) is 39.3 Å². The van der Waals surface area contributed by atoms with Crippen molar-refractivity contribution in [1.29, 1.82) is 0 Å². The first-order valence-corrected chi connectivity index (χ1v) is 7.53. The number of rotatable bonds is 4. The molecule has 1 aromatic rings. The fraction of sp³-hybridized carbons (Fsp3) is 0.500. The number of ether oxygens (including phenoxy) is 2. The number of hydrogen-bond donors (Lipinski definition) is 0. The molecule has 0 aliphatic rings. The SMILES string of the molecule is CCOC(=O)C(C(=O)OC(C)(C)C)c1ncc(Cl)cc1Br. The van der Waals surface area contributed by atoms with E-state index in [1.54, 1.807) is 33.8 Å². The summed E-state index contributed by atoms with van der Waals surface area (Å²) in [5, 5.41) is 0.387. The summed E-state index contributed by atoms with van der Waals surface area (Å²) in [6, 6.07) is 1.56. The molecular formula is C14H17BrClNO4. The van der Waals surface area contributed by atoms with E-state index in [4.69, 9.17) is 21.1 Å². The number of nitrogens with zero attached hydrogens (tertiary/aromatic N) is 1. The highest BCUT2D eigenvalue weighted by molar-refractivity contribution is 9.10. The summed E-state index contributed by atoms with van der Waals surface area (Å²) in [5.41, 5.74) is -0.507. The van der Waals surface area contributed by atoms with Gasteiger partial charge in [0, 0.05) is 10.7 Å². The molecule has 0 aliphatic heterocycles. The minimum Gasteiger partial charge on any atom is -0.465 e. The van der Waals surface area contributed by atoms with Gasteiger partial charge in [0.25, 0.3) is 0 Å². The molecule has 0 bridgehead atoms. The summed E-state index contributed by atoms with van der Waals surface area (Å²) in [5.74, 6) is -2.67. The van der Waals surface area contributed by atoms with Gasteiger partial charge >= 0.3 is 11.9 Å². The van der Waals surface area contributed by atoms with E-state index in [9.17, 15) is 9.59 Å². The number of halogens is 2. The molecule has 0 radical (unpaired) electrons. The third-order valence-corrected chi connectivity index (χ3v) is 3.12. The smallest absolute Gasteiger partial charge is 0.327 e. The molecule has 7 heteroatoms. The molecule has 0 N–H and O–H groups in total. The first kappa shape index (κ1) is 17.9. The van der Waals surface area contributed by atoms with Gasteiger partial charge in [-0.25, -0.2) is 0 Å². The third kappa shape index (κ3) is 5.28. The standard InChI is InChI=1S/C14H17BrClNO4/c1-5-20-12(18)10(13(19)21-14(2,3)4)11-9(15)6-8(16)7-17-11/h6-7,10H,5H2,1-4H3. The Hall–Kier alpha value is -1.14. The Labute approximate surface area is 137 Å². The van der Waals surface area contributed by atoms with Gasteiger partial charge in [0.05, 0.1) is 17.3 Å². The summed E-state index contributed by atoms with van der Waals surface area (Å²) in [7, 11) is 0. The largest absolute Gasteiger partial charge is 0.465 e. The second-order valence-electron chi connectivity index (χ2n) is 5.24. The van der Waals surface area contributed by atoms with Crippen LogP contribution < -0.4 is 0 Å². The van der Waals surface area contributed by atoms with Crippen LogP contribution in [-0.2, 0) is 19.1 Å². The molecule has 0 amide bonds. The number of esters is 2. The van der Waals surface area contributed by atoms with Gasteiger partial charge < -0.3 is 9.47 Å². The van der Waals surface area contributed by atoms with Crippen LogP contribution in [0, 0.1) is 0 Å². The van der Waals surface area contributed by atoms with Gasteiger partial charge in [-0.3, -0.25) is 14.6 Å². The fourth-order valence-corrected chi connectivity index (χ4v) is 2.41. The molecule has 0 aromatic carbocycles. The molecule has 0 fully saturated rings. The number of carbonyl (C=O) groups excluding carboxylic acids is 2. The molecule has 116 valence electrons. The van der Waals surface area contributed by atoms with Crippen LogP contribution in [0.25, 0.3) is 0 Å². The van der Waals surface area contributed by atoms with Gasteiger partial charge in [0.2, 0.25) is 0 Å². The van der Waals surface area contributed by atoms with E-state index < -0.39 is 23.5 Å². The van der Waals surface area contributed by atoms with E-state index in [1.165, 1.54) is 6.20 Å². The summed E-state index contributed by atoms with van der Waals surface area (Å²) < 4.78 is 10.7. The van der Waals surface area contributed by atoms with E-state index in [0.29, 0.717) is 9.50 Å². The number of hydrogen-bond acceptors (Lipinski definition) is 5. The minimum absolute atomic E-state index is 0.156. The zero-order valence-electron chi connectivity index (χ0n) is 12.3. The van der Waals surface area contributed by atoms with E-state index in [1.807, 2.05) is 0 Å². The monoisotopic (exact) mass is 377 g/mol. The molecule has 0 spiro atoms. The Morgan fingerprint density at radius 2 is 2.00 bits per heavy atom. The van der Waals surface area contributed by atoms with Crippen LogP contribution in [0.4, 0.5) is 0 Å². The Morgan fingerprint density at radius 1 is 1.38 bits per heavy atom. The van der Waals surface area contributed by atoms with Crippen LogP contribution in [-0.4, -0.2) is 29.1 Å². The van der Waals surface area contributed by atoms with E-state index in [-0.39, 0.29) is 12.3 Å². The Morgan fingerprint density at radius 3 is 2.48 bits per heavy atom. The molecule has 5 nitrogen and oxygen atoms in total. The highest BCUT2D eigenvalue weighted by Gasteiger charge is 2.36. The zero-order chi connectivity index (χ0) is 16.2. The predicted molar refractivity (Wildman–Crippen MR) is 82.2 cm³/mol. The van der Waals surface area contributed by atoms with Crippen molar-refractivity contribution >= 4 is 39.5 Å². The van der Waals surface area contributed by atoms with Gasteiger partial charge in [0.15, 0.2) is 5.92 Å². The molecule has 0 saturated carbocycles. The summed E-state index contributed by atoms with van der Waals surface area (Å²) in [6.07, 6.45) is 1.36. The molecule has 1 unspecified atom stereocenters. The highest BCUT2D eigenvalue weighted by Crippen LogP contribution is 2.28. The quantitative estimate of drug-likeness (QED) is 0.593. The molecule has 0 saturated heterocycles. The normalized spacial score (nSPS) is 12.7. The Bertz CT molecular complexity index is 542. The molecule has 0 aliphatic carbocycles. The predicted octanol–water partition coefficient (Wildman–Crippen LogP) is 3.49. The van der Waals surface area contributed by atoms with Crippen LogP contribution >= 0.6 is 27.5 Å². The lowest BCUT2D eigenvalue weighted by Gasteiger charge is -2.23. The summed E-state index contributed by atoms with van der Waals surface area (Å²) in [6.45, 7) is 6.98. The minimum atomic E-state index is -1.25.